The number of carbonyl (C=O) groups excluding carboxylic acids is 1. The van der Waals surface area contributed by atoms with E-state index in [0.29, 0.717) is 0 Å². The van der Waals surface area contributed by atoms with Gasteiger partial charge in [-0.05, 0) is 68.5 Å². The minimum Gasteiger partial charge on any atom is -0.349 e. The largest absolute Gasteiger partial charge is 0.349 e. The molecule has 27 heavy (non-hydrogen) atoms. The first-order chi connectivity index (χ1) is 13.1. The number of aryl methyl sites for hydroxylation is 2. The molecule has 1 aliphatic rings. The molecule has 3 rings (SSSR count). The Morgan fingerprint density at radius 1 is 1.07 bits per heavy atom. The Hall–Kier alpha value is -2.13. The summed E-state index contributed by atoms with van der Waals surface area (Å²) in [6.45, 7) is 9.37. The lowest BCUT2D eigenvalue weighted by atomic mass is 9.94. The predicted molar refractivity (Wildman–Crippen MR) is 112 cm³/mol. The van der Waals surface area contributed by atoms with Crippen molar-refractivity contribution in [3.8, 4) is 0 Å². The quantitative estimate of drug-likeness (QED) is 0.800. The van der Waals surface area contributed by atoms with Gasteiger partial charge in [0, 0.05) is 12.5 Å². The van der Waals surface area contributed by atoms with Crippen LogP contribution < -0.4 is 5.32 Å². The molecule has 2 aromatic rings. The molecular weight excluding hydrogens is 332 g/mol. The van der Waals surface area contributed by atoms with Gasteiger partial charge in [-0.1, -0.05) is 55.5 Å². The second-order valence-electron chi connectivity index (χ2n) is 7.85. The predicted octanol–water partition coefficient (Wildman–Crippen LogP) is 4.78. The third-order valence-corrected chi connectivity index (χ3v) is 5.87. The van der Waals surface area contributed by atoms with E-state index in [1.54, 1.807) is 0 Å². The number of nitrogens with zero attached hydrogens (tertiary/aromatic N) is 1. The zero-order valence-electron chi connectivity index (χ0n) is 16.9. The van der Waals surface area contributed by atoms with E-state index < -0.39 is 0 Å². The molecular formula is C24H32N2O. The van der Waals surface area contributed by atoms with Gasteiger partial charge in [0.1, 0.15) is 0 Å². The minimum atomic E-state index is 0.110. The Kier molecular flexibility index (Phi) is 6.68. The van der Waals surface area contributed by atoms with Crippen molar-refractivity contribution in [1.82, 2.24) is 10.2 Å². The highest BCUT2D eigenvalue weighted by molar-refractivity contribution is 5.79. The summed E-state index contributed by atoms with van der Waals surface area (Å²) in [6.07, 6.45) is 2.81. The van der Waals surface area contributed by atoms with E-state index in [-0.39, 0.29) is 17.9 Å². The van der Waals surface area contributed by atoms with Gasteiger partial charge in [0.25, 0.3) is 0 Å². The standard InChI is InChI=1S/C24H32N2O/c1-4-23(22-11-10-18(2)19(3)16-22)25-24(27)21-12-14-26(15-13-21)17-20-8-6-5-7-9-20/h5-11,16,21,23H,4,12-15,17H2,1-3H3,(H,25,27)/t23-/m0/s1. The van der Waals surface area contributed by atoms with Crippen LogP contribution in [0, 0.1) is 19.8 Å². The molecule has 3 heteroatoms. The molecule has 0 unspecified atom stereocenters. The number of rotatable bonds is 6. The monoisotopic (exact) mass is 364 g/mol. The molecule has 1 saturated heterocycles. The molecule has 0 aliphatic carbocycles. The number of hydrogen-bond donors (Lipinski definition) is 1. The Bertz CT molecular complexity index is 748. The summed E-state index contributed by atoms with van der Waals surface area (Å²) < 4.78 is 0. The first-order valence-electron chi connectivity index (χ1n) is 10.2. The van der Waals surface area contributed by atoms with Crippen LogP contribution in [-0.4, -0.2) is 23.9 Å². The first-order valence-corrected chi connectivity index (χ1v) is 10.2. The molecule has 0 aromatic heterocycles. The van der Waals surface area contributed by atoms with Crippen LogP contribution in [0.1, 0.15) is 54.5 Å². The molecule has 1 atom stereocenters. The minimum absolute atomic E-state index is 0.110. The molecule has 0 bridgehead atoms. The Labute approximate surface area is 163 Å². The van der Waals surface area contributed by atoms with Crippen LogP contribution in [0.25, 0.3) is 0 Å². The van der Waals surface area contributed by atoms with Gasteiger partial charge in [-0.3, -0.25) is 9.69 Å². The second-order valence-corrected chi connectivity index (χ2v) is 7.85. The van der Waals surface area contributed by atoms with Crippen LogP contribution in [0.3, 0.4) is 0 Å². The summed E-state index contributed by atoms with van der Waals surface area (Å²) in [4.78, 5) is 15.3. The molecule has 1 amide bonds. The van der Waals surface area contributed by atoms with Gasteiger partial charge < -0.3 is 5.32 Å². The van der Waals surface area contributed by atoms with E-state index in [4.69, 9.17) is 0 Å². The Morgan fingerprint density at radius 3 is 2.41 bits per heavy atom. The molecule has 144 valence electrons. The third kappa shape index (κ3) is 5.20. The molecule has 0 radical (unpaired) electrons. The molecule has 0 saturated carbocycles. The number of carbonyl (C=O) groups is 1. The fourth-order valence-corrected chi connectivity index (χ4v) is 3.89. The van der Waals surface area contributed by atoms with Gasteiger partial charge in [0.05, 0.1) is 6.04 Å². The number of piperidine rings is 1. The van der Waals surface area contributed by atoms with Crippen molar-refractivity contribution in [2.24, 2.45) is 5.92 Å². The summed E-state index contributed by atoms with van der Waals surface area (Å²) in [5, 5.41) is 3.31. The van der Waals surface area contributed by atoms with E-state index in [0.717, 1.165) is 38.9 Å². The molecule has 1 N–H and O–H groups in total. The number of likely N-dealkylation sites (tertiary alicyclic amines) is 1. The summed E-state index contributed by atoms with van der Waals surface area (Å²) in [5.41, 5.74) is 5.15. The number of amides is 1. The fourth-order valence-electron chi connectivity index (χ4n) is 3.89. The summed E-state index contributed by atoms with van der Waals surface area (Å²) in [7, 11) is 0. The summed E-state index contributed by atoms with van der Waals surface area (Å²) in [5.74, 6) is 0.358. The molecule has 1 heterocycles. The lowest BCUT2D eigenvalue weighted by Crippen LogP contribution is -2.41. The van der Waals surface area contributed by atoms with E-state index in [2.05, 4.69) is 79.5 Å². The third-order valence-electron chi connectivity index (χ3n) is 5.87. The van der Waals surface area contributed by atoms with Gasteiger partial charge in [0.15, 0.2) is 0 Å². The van der Waals surface area contributed by atoms with Gasteiger partial charge in [-0.2, -0.15) is 0 Å². The lowest BCUT2D eigenvalue weighted by Gasteiger charge is -2.32. The smallest absolute Gasteiger partial charge is 0.223 e. The average molecular weight is 365 g/mol. The van der Waals surface area contributed by atoms with Gasteiger partial charge in [-0.25, -0.2) is 0 Å². The van der Waals surface area contributed by atoms with Gasteiger partial charge >= 0.3 is 0 Å². The molecule has 1 fully saturated rings. The molecule has 1 aliphatic heterocycles. The number of nitrogens with one attached hydrogen (secondary N) is 1. The topological polar surface area (TPSA) is 32.3 Å². The van der Waals surface area contributed by atoms with Crippen LogP contribution in [-0.2, 0) is 11.3 Å². The van der Waals surface area contributed by atoms with Gasteiger partial charge in [-0.15, -0.1) is 0 Å². The SMILES string of the molecule is CC[C@H](NC(=O)C1CCN(Cc2ccccc2)CC1)c1ccc(C)c(C)c1. The van der Waals surface area contributed by atoms with E-state index in [1.165, 1.54) is 22.3 Å². The lowest BCUT2D eigenvalue weighted by molar-refractivity contribution is -0.127. The summed E-state index contributed by atoms with van der Waals surface area (Å²) in [6, 6.07) is 17.2. The van der Waals surface area contributed by atoms with E-state index in [9.17, 15) is 4.79 Å². The fraction of sp³-hybridized carbons (Fsp3) is 0.458. The Balaban J connectivity index is 1.53. The van der Waals surface area contributed by atoms with Crippen molar-refractivity contribution in [2.75, 3.05) is 13.1 Å². The maximum atomic E-state index is 12.8. The summed E-state index contributed by atoms with van der Waals surface area (Å²) >= 11 is 0. The van der Waals surface area contributed by atoms with E-state index in [1.807, 2.05) is 0 Å². The zero-order chi connectivity index (χ0) is 19.2. The van der Waals surface area contributed by atoms with Crippen LogP contribution in [0.4, 0.5) is 0 Å². The highest BCUT2D eigenvalue weighted by Gasteiger charge is 2.26. The highest BCUT2D eigenvalue weighted by atomic mass is 16.1. The van der Waals surface area contributed by atoms with Crippen molar-refractivity contribution < 1.29 is 4.79 Å². The van der Waals surface area contributed by atoms with Crippen molar-refractivity contribution in [2.45, 2.75) is 52.6 Å². The van der Waals surface area contributed by atoms with Crippen molar-refractivity contribution in [1.29, 1.82) is 0 Å². The highest BCUT2D eigenvalue weighted by Crippen LogP contribution is 2.23. The zero-order valence-corrected chi connectivity index (χ0v) is 16.9. The average Bonchev–Trinajstić information content (AvgIpc) is 2.69. The molecule has 3 nitrogen and oxygen atoms in total. The maximum Gasteiger partial charge on any atom is 0.223 e. The number of benzene rings is 2. The normalized spacial score (nSPS) is 16.9. The van der Waals surface area contributed by atoms with Gasteiger partial charge in [0.2, 0.25) is 5.91 Å². The van der Waals surface area contributed by atoms with E-state index >= 15 is 0 Å². The van der Waals surface area contributed by atoms with Crippen LogP contribution in [0.2, 0.25) is 0 Å². The van der Waals surface area contributed by atoms with Crippen LogP contribution in [0.5, 0.6) is 0 Å². The maximum absolute atomic E-state index is 12.8. The molecule has 2 aromatic carbocycles. The number of hydrogen-bond acceptors (Lipinski definition) is 2. The molecule has 0 spiro atoms. The Morgan fingerprint density at radius 2 is 1.78 bits per heavy atom. The first kappa shape index (κ1) is 19.6. The van der Waals surface area contributed by atoms with Crippen LogP contribution >= 0.6 is 0 Å². The second kappa shape index (κ2) is 9.18. The van der Waals surface area contributed by atoms with Crippen LogP contribution in [0.15, 0.2) is 48.5 Å². The van der Waals surface area contributed by atoms with Crippen molar-refractivity contribution >= 4 is 5.91 Å². The van der Waals surface area contributed by atoms with Crippen molar-refractivity contribution in [3.05, 3.63) is 70.8 Å². The van der Waals surface area contributed by atoms with Crippen molar-refractivity contribution in [3.63, 3.8) is 0 Å².